The molecule has 1 aliphatic carbocycles. The van der Waals surface area contributed by atoms with Crippen LogP contribution in [0.4, 0.5) is 17.2 Å². The molecule has 3 heterocycles. The maximum atomic E-state index is 13.1. The van der Waals surface area contributed by atoms with Gasteiger partial charge in [0, 0.05) is 42.0 Å². The van der Waals surface area contributed by atoms with E-state index in [-0.39, 0.29) is 11.5 Å². The monoisotopic (exact) mass is 556 g/mol. The first-order chi connectivity index (χ1) is 19.2. The summed E-state index contributed by atoms with van der Waals surface area (Å²) in [5, 5.41) is 14.9. The highest BCUT2D eigenvalue weighted by atomic mass is 32.1. The van der Waals surface area contributed by atoms with Crippen molar-refractivity contribution in [3.05, 3.63) is 85.6 Å². The van der Waals surface area contributed by atoms with Crippen LogP contribution < -0.4 is 16.2 Å². The van der Waals surface area contributed by atoms with Gasteiger partial charge in [0.1, 0.15) is 5.69 Å². The molecule has 0 spiro atoms. The van der Waals surface area contributed by atoms with Crippen LogP contribution in [0.2, 0.25) is 0 Å². The molecule has 5 rings (SSSR count). The van der Waals surface area contributed by atoms with Crippen molar-refractivity contribution >= 4 is 34.4 Å². The minimum Gasteiger partial charge on any atom is -0.334 e. The molecule has 0 fully saturated rings. The topological polar surface area (TPSA) is 92.2 Å². The van der Waals surface area contributed by atoms with E-state index in [2.05, 4.69) is 45.6 Å². The number of carbonyl (C=O) groups is 1. The van der Waals surface area contributed by atoms with Crippen molar-refractivity contribution in [3.8, 4) is 11.1 Å². The van der Waals surface area contributed by atoms with E-state index >= 15 is 0 Å². The third-order valence-corrected chi connectivity index (χ3v) is 8.81. The molecular formula is C31H36N6O2S. The molecule has 0 saturated heterocycles. The highest BCUT2D eigenvalue weighted by molar-refractivity contribution is 7.14. The number of thiophene rings is 1. The summed E-state index contributed by atoms with van der Waals surface area (Å²) in [6.07, 6.45) is 6.32. The van der Waals surface area contributed by atoms with E-state index in [1.54, 1.807) is 23.0 Å². The molecule has 1 amide bonds. The van der Waals surface area contributed by atoms with Crippen LogP contribution >= 0.6 is 11.3 Å². The van der Waals surface area contributed by atoms with Gasteiger partial charge in [-0.1, -0.05) is 12.1 Å². The molecule has 40 heavy (non-hydrogen) atoms. The fraction of sp³-hybridized carbons (Fsp3) is 0.355. The smallest absolute Gasteiger partial charge is 0.274 e. The van der Waals surface area contributed by atoms with Crippen LogP contribution in [0.1, 0.15) is 58.1 Å². The van der Waals surface area contributed by atoms with Gasteiger partial charge in [-0.2, -0.15) is 5.10 Å². The standard InChI is InChI=1S/C31H36N6O2S/c1-19(2)36(4)18-23-13-14-29(35-34-23)32-26-15-22(17-37(5)31(26)39)24-10-8-11-25(20(24)3)33-30(38)28-16-21-9-6-7-12-27(21)40-28/h8,10-11,13-17,19H,6-7,9,12,18H2,1-5H3,(H,32,35)(H,33,38). The van der Waals surface area contributed by atoms with Gasteiger partial charge < -0.3 is 15.2 Å². The van der Waals surface area contributed by atoms with Gasteiger partial charge in [-0.15, -0.1) is 16.4 Å². The van der Waals surface area contributed by atoms with E-state index in [0.29, 0.717) is 24.1 Å². The van der Waals surface area contributed by atoms with E-state index in [4.69, 9.17) is 0 Å². The normalized spacial score (nSPS) is 13.0. The molecule has 0 aliphatic heterocycles. The number of aryl methyl sites for hydroxylation is 3. The Labute approximate surface area is 239 Å². The number of hydrogen-bond donors (Lipinski definition) is 2. The van der Waals surface area contributed by atoms with Crippen LogP contribution in [0.15, 0.2) is 53.5 Å². The number of pyridine rings is 1. The van der Waals surface area contributed by atoms with Crippen molar-refractivity contribution in [2.24, 2.45) is 7.05 Å². The van der Waals surface area contributed by atoms with Crippen LogP contribution in [0.5, 0.6) is 0 Å². The second kappa shape index (κ2) is 11.7. The maximum Gasteiger partial charge on any atom is 0.274 e. The van der Waals surface area contributed by atoms with Gasteiger partial charge in [-0.05, 0) is 101 Å². The molecule has 1 aromatic carbocycles. The van der Waals surface area contributed by atoms with Crippen molar-refractivity contribution < 1.29 is 4.79 Å². The molecule has 0 atom stereocenters. The zero-order valence-corrected chi connectivity index (χ0v) is 24.6. The SMILES string of the molecule is Cc1c(NC(=O)c2cc3c(s2)CCCC3)cccc1-c1cc(Nc2ccc(CN(C)C(C)C)nn2)c(=O)n(C)c1. The largest absolute Gasteiger partial charge is 0.334 e. The number of hydrogen-bond acceptors (Lipinski definition) is 7. The molecule has 0 saturated carbocycles. The summed E-state index contributed by atoms with van der Waals surface area (Å²) in [6, 6.07) is 13.9. The van der Waals surface area contributed by atoms with E-state index in [0.717, 1.165) is 45.8 Å². The Hall–Kier alpha value is -3.82. The van der Waals surface area contributed by atoms with Gasteiger partial charge in [0.15, 0.2) is 5.82 Å². The minimum atomic E-state index is -0.169. The molecular weight excluding hydrogens is 520 g/mol. The zero-order chi connectivity index (χ0) is 28.4. The second-order valence-corrected chi connectivity index (χ2v) is 11.9. The Morgan fingerprint density at radius 2 is 1.90 bits per heavy atom. The highest BCUT2D eigenvalue weighted by Crippen LogP contribution is 2.32. The lowest BCUT2D eigenvalue weighted by Gasteiger charge is -2.20. The van der Waals surface area contributed by atoms with Gasteiger partial charge in [0.25, 0.3) is 11.5 Å². The third kappa shape index (κ3) is 6.00. The number of rotatable bonds is 8. The van der Waals surface area contributed by atoms with Crippen molar-refractivity contribution in [2.45, 2.75) is 59.0 Å². The number of aromatic nitrogens is 3. The molecule has 0 radical (unpaired) electrons. The quantitative estimate of drug-likeness (QED) is 0.280. The van der Waals surface area contributed by atoms with Crippen LogP contribution in [-0.2, 0) is 26.4 Å². The number of nitrogens with one attached hydrogen (secondary N) is 2. The van der Waals surface area contributed by atoms with Crippen LogP contribution in [0, 0.1) is 6.92 Å². The number of amides is 1. The van der Waals surface area contributed by atoms with E-state index < -0.39 is 0 Å². The van der Waals surface area contributed by atoms with E-state index in [1.165, 1.54) is 23.3 Å². The van der Waals surface area contributed by atoms with Gasteiger partial charge >= 0.3 is 0 Å². The summed E-state index contributed by atoms with van der Waals surface area (Å²) in [7, 11) is 3.78. The molecule has 208 valence electrons. The predicted molar refractivity (Wildman–Crippen MR) is 163 cm³/mol. The third-order valence-electron chi connectivity index (χ3n) is 7.57. The number of carbonyl (C=O) groups excluding carboxylic acids is 1. The van der Waals surface area contributed by atoms with Crippen molar-refractivity contribution in [1.82, 2.24) is 19.7 Å². The van der Waals surface area contributed by atoms with Crippen molar-refractivity contribution in [3.63, 3.8) is 0 Å². The summed E-state index contributed by atoms with van der Waals surface area (Å²) >= 11 is 1.61. The Morgan fingerprint density at radius 1 is 1.10 bits per heavy atom. The number of fused-ring (bicyclic) bond motifs is 1. The lowest BCUT2D eigenvalue weighted by Crippen LogP contribution is -2.26. The summed E-state index contributed by atoms with van der Waals surface area (Å²) in [5.41, 5.74) is 5.88. The first kappa shape index (κ1) is 27.7. The van der Waals surface area contributed by atoms with Crippen molar-refractivity contribution in [1.29, 1.82) is 0 Å². The minimum absolute atomic E-state index is 0.0796. The van der Waals surface area contributed by atoms with Gasteiger partial charge in [-0.25, -0.2) is 0 Å². The molecule has 2 N–H and O–H groups in total. The van der Waals surface area contributed by atoms with Crippen molar-refractivity contribution in [2.75, 3.05) is 17.7 Å². The van der Waals surface area contributed by atoms with Crippen LogP contribution in [0.25, 0.3) is 11.1 Å². The van der Waals surface area contributed by atoms with Crippen LogP contribution in [0.3, 0.4) is 0 Å². The Bertz CT molecular complexity index is 1570. The van der Waals surface area contributed by atoms with E-state index in [1.807, 2.05) is 56.6 Å². The molecule has 4 aromatic rings. The fourth-order valence-electron chi connectivity index (χ4n) is 4.91. The number of nitrogens with zero attached hydrogens (tertiary/aromatic N) is 4. The molecule has 1 aliphatic rings. The molecule has 9 heteroatoms. The molecule has 0 unspecified atom stereocenters. The fourth-order valence-corrected chi connectivity index (χ4v) is 6.05. The molecule has 3 aromatic heterocycles. The average Bonchev–Trinajstić information content (AvgIpc) is 3.38. The second-order valence-electron chi connectivity index (χ2n) is 10.8. The summed E-state index contributed by atoms with van der Waals surface area (Å²) < 4.78 is 1.55. The highest BCUT2D eigenvalue weighted by Gasteiger charge is 2.19. The van der Waals surface area contributed by atoms with Gasteiger partial charge in [-0.3, -0.25) is 14.5 Å². The maximum absolute atomic E-state index is 13.1. The van der Waals surface area contributed by atoms with Gasteiger partial charge in [0.2, 0.25) is 0 Å². The lowest BCUT2D eigenvalue weighted by atomic mass is 9.99. The van der Waals surface area contributed by atoms with Gasteiger partial charge in [0.05, 0.1) is 10.6 Å². The lowest BCUT2D eigenvalue weighted by molar-refractivity contribution is 0.103. The Balaban J connectivity index is 1.37. The number of anilines is 3. The Kier molecular flexibility index (Phi) is 8.14. The summed E-state index contributed by atoms with van der Waals surface area (Å²) in [5.74, 6) is 0.422. The predicted octanol–water partition coefficient (Wildman–Crippen LogP) is 5.93. The summed E-state index contributed by atoms with van der Waals surface area (Å²) in [4.78, 5) is 30.4. The van der Waals surface area contributed by atoms with Crippen LogP contribution in [-0.4, -0.2) is 38.7 Å². The summed E-state index contributed by atoms with van der Waals surface area (Å²) in [6.45, 7) is 6.95. The average molecular weight is 557 g/mol. The zero-order valence-electron chi connectivity index (χ0n) is 23.7. The molecule has 8 nitrogen and oxygen atoms in total. The first-order valence-corrected chi connectivity index (χ1v) is 14.5. The number of benzene rings is 1. The first-order valence-electron chi connectivity index (χ1n) is 13.7. The molecule has 0 bridgehead atoms. The Morgan fingerprint density at radius 3 is 2.62 bits per heavy atom. The van der Waals surface area contributed by atoms with E-state index in [9.17, 15) is 9.59 Å².